The summed E-state index contributed by atoms with van der Waals surface area (Å²) in [4.78, 5) is 24.0. The van der Waals surface area contributed by atoms with Crippen LogP contribution in [0.3, 0.4) is 0 Å². The van der Waals surface area contributed by atoms with Gasteiger partial charge in [-0.25, -0.2) is 4.98 Å². The minimum Gasteiger partial charge on any atom is -0.355 e. The quantitative estimate of drug-likeness (QED) is 0.645. The van der Waals surface area contributed by atoms with E-state index >= 15 is 0 Å². The Hall–Kier alpha value is -2.93. The molecule has 1 aliphatic heterocycles. The molecule has 4 rings (SSSR count). The summed E-state index contributed by atoms with van der Waals surface area (Å²) in [5.74, 6) is 1.82. The molecule has 1 unspecified atom stereocenters. The van der Waals surface area contributed by atoms with E-state index in [4.69, 9.17) is 16.1 Å². The third-order valence-corrected chi connectivity index (χ3v) is 5.67. The number of hydrogen-bond acceptors (Lipinski definition) is 6. The maximum atomic E-state index is 12.8. The zero-order chi connectivity index (χ0) is 20.9. The number of rotatable bonds is 6. The fraction of sp³-hybridized carbons (Fsp3) is 0.364. The molecule has 1 N–H and O–H groups in total. The smallest absolute Gasteiger partial charge is 0.226 e. The van der Waals surface area contributed by atoms with Gasteiger partial charge < -0.3 is 14.7 Å². The molecule has 1 aliphatic rings. The number of carbonyl (C=O) groups excluding carboxylic acids is 1. The highest BCUT2D eigenvalue weighted by Crippen LogP contribution is 2.30. The zero-order valence-electron chi connectivity index (χ0n) is 16.8. The Balaban J connectivity index is 1.46. The number of halogens is 1. The van der Waals surface area contributed by atoms with Crippen molar-refractivity contribution < 1.29 is 9.32 Å². The van der Waals surface area contributed by atoms with Gasteiger partial charge in [0.05, 0.1) is 11.5 Å². The minimum atomic E-state index is -0.118. The molecular formula is C22H24ClN5O2. The second-order valence-electron chi connectivity index (χ2n) is 7.33. The van der Waals surface area contributed by atoms with Crippen molar-refractivity contribution in [1.29, 1.82) is 0 Å². The van der Waals surface area contributed by atoms with Crippen molar-refractivity contribution in [2.24, 2.45) is 5.92 Å². The summed E-state index contributed by atoms with van der Waals surface area (Å²) in [5.41, 5.74) is 1.73. The number of benzene rings is 1. The number of piperidine rings is 1. The lowest BCUT2D eigenvalue weighted by atomic mass is 9.96. The Kier molecular flexibility index (Phi) is 6.28. The molecule has 1 saturated heterocycles. The molecule has 0 aliphatic carbocycles. The maximum absolute atomic E-state index is 12.8. The topological polar surface area (TPSA) is 84.2 Å². The predicted octanol–water partition coefficient (Wildman–Crippen LogP) is 3.88. The van der Waals surface area contributed by atoms with E-state index < -0.39 is 0 Å². The minimum absolute atomic E-state index is 0.0323. The van der Waals surface area contributed by atoms with Crippen molar-refractivity contribution >= 4 is 23.3 Å². The van der Waals surface area contributed by atoms with Gasteiger partial charge in [0.25, 0.3) is 0 Å². The molecule has 1 aromatic carbocycles. The van der Waals surface area contributed by atoms with Crippen molar-refractivity contribution in [1.82, 2.24) is 20.4 Å². The molecule has 30 heavy (non-hydrogen) atoms. The van der Waals surface area contributed by atoms with E-state index in [2.05, 4.69) is 25.3 Å². The number of pyridine rings is 1. The van der Waals surface area contributed by atoms with Gasteiger partial charge in [-0.2, -0.15) is 4.98 Å². The Morgan fingerprint density at radius 2 is 2.17 bits per heavy atom. The zero-order valence-corrected chi connectivity index (χ0v) is 17.6. The van der Waals surface area contributed by atoms with Crippen LogP contribution in [0.2, 0.25) is 5.02 Å². The van der Waals surface area contributed by atoms with Crippen LogP contribution < -0.4 is 10.2 Å². The van der Waals surface area contributed by atoms with Crippen LogP contribution in [0.1, 0.15) is 31.2 Å². The van der Waals surface area contributed by atoms with E-state index in [0.29, 0.717) is 36.2 Å². The summed E-state index contributed by atoms with van der Waals surface area (Å²) < 4.78 is 5.27. The van der Waals surface area contributed by atoms with E-state index in [1.54, 1.807) is 6.20 Å². The van der Waals surface area contributed by atoms with Crippen LogP contribution >= 0.6 is 11.6 Å². The van der Waals surface area contributed by atoms with Crippen LogP contribution in [0.25, 0.3) is 11.4 Å². The van der Waals surface area contributed by atoms with E-state index in [0.717, 1.165) is 36.3 Å². The van der Waals surface area contributed by atoms with Gasteiger partial charge in [-0.1, -0.05) is 41.9 Å². The molecular weight excluding hydrogens is 402 g/mol. The lowest BCUT2D eigenvalue weighted by molar-refractivity contribution is -0.125. The number of hydrogen-bond donors (Lipinski definition) is 1. The summed E-state index contributed by atoms with van der Waals surface area (Å²) in [6, 6.07) is 11.3. The lowest BCUT2D eigenvalue weighted by Crippen LogP contribution is -2.43. The number of anilines is 1. The van der Waals surface area contributed by atoms with Gasteiger partial charge in [-0.3, -0.25) is 4.79 Å². The molecule has 0 spiro atoms. The van der Waals surface area contributed by atoms with Gasteiger partial charge >= 0.3 is 0 Å². The second kappa shape index (κ2) is 9.26. The largest absolute Gasteiger partial charge is 0.355 e. The summed E-state index contributed by atoms with van der Waals surface area (Å²) in [5, 5.41) is 7.78. The van der Waals surface area contributed by atoms with Crippen molar-refractivity contribution in [3.8, 4) is 11.4 Å². The van der Waals surface area contributed by atoms with Gasteiger partial charge in [0.1, 0.15) is 5.82 Å². The van der Waals surface area contributed by atoms with Crippen LogP contribution in [0, 0.1) is 5.92 Å². The van der Waals surface area contributed by atoms with E-state index in [-0.39, 0.29) is 11.8 Å². The van der Waals surface area contributed by atoms with Gasteiger partial charge in [0.2, 0.25) is 17.6 Å². The van der Waals surface area contributed by atoms with Crippen LogP contribution in [-0.2, 0) is 17.8 Å². The maximum Gasteiger partial charge on any atom is 0.226 e. The number of amides is 1. The average Bonchev–Trinajstić information content (AvgIpc) is 3.28. The van der Waals surface area contributed by atoms with Crippen LogP contribution in [-0.4, -0.2) is 34.1 Å². The lowest BCUT2D eigenvalue weighted by Gasteiger charge is -2.33. The highest BCUT2D eigenvalue weighted by molar-refractivity contribution is 6.31. The van der Waals surface area contributed by atoms with Gasteiger partial charge in [-0.05, 0) is 36.6 Å². The first kappa shape index (κ1) is 20.3. The third kappa shape index (κ3) is 4.46. The SMILES string of the molecule is CCc1nc(-c2cccnc2N2CCCC(C(=O)NCc3ccccc3Cl)C2)no1. The number of aryl methyl sites for hydroxylation is 1. The van der Waals surface area contributed by atoms with Gasteiger partial charge in [-0.15, -0.1) is 0 Å². The first-order valence-electron chi connectivity index (χ1n) is 10.2. The molecule has 0 bridgehead atoms. The van der Waals surface area contributed by atoms with E-state index in [9.17, 15) is 4.79 Å². The first-order chi connectivity index (χ1) is 14.7. The fourth-order valence-corrected chi connectivity index (χ4v) is 3.89. The first-order valence-corrected chi connectivity index (χ1v) is 10.6. The fourth-order valence-electron chi connectivity index (χ4n) is 3.68. The molecule has 156 valence electrons. The molecule has 1 amide bonds. The normalized spacial score (nSPS) is 16.5. The molecule has 0 saturated carbocycles. The molecule has 2 aromatic heterocycles. The average molecular weight is 426 g/mol. The highest BCUT2D eigenvalue weighted by atomic mass is 35.5. The highest BCUT2D eigenvalue weighted by Gasteiger charge is 2.28. The van der Waals surface area contributed by atoms with Crippen molar-refractivity contribution in [3.63, 3.8) is 0 Å². The van der Waals surface area contributed by atoms with Gasteiger partial charge in [0.15, 0.2) is 0 Å². The van der Waals surface area contributed by atoms with E-state index in [1.807, 2.05) is 43.3 Å². The van der Waals surface area contributed by atoms with Crippen LogP contribution in [0.4, 0.5) is 5.82 Å². The summed E-state index contributed by atoms with van der Waals surface area (Å²) in [7, 11) is 0. The van der Waals surface area contributed by atoms with Crippen molar-refractivity contribution in [2.45, 2.75) is 32.7 Å². The Bertz CT molecular complexity index is 1020. The number of nitrogens with one attached hydrogen (secondary N) is 1. The Morgan fingerprint density at radius 1 is 1.30 bits per heavy atom. The van der Waals surface area contributed by atoms with E-state index in [1.165, 1.54) is 0 Å². The summed E-state index contributed by atoms with van der Waals surface area (Å²) in [6.45, 7) is 3.82. The number of carbonyl (C=O) groups is 1. The Labute approximate surface area is 180 Å². The van der Waals surface area contributed by atoms with Crippen molar-refractivity contribution in [2.75, 3.05) is 18.0 Å². The van der Waals surface area contributed by atoms with Gasteiger partial charge in [0, 0.05) is 37.3 Å². The summed E-state index contributed by atoms with van der Waals surface area (Å²) >= 11 is 6.20. The van der Waals surface area contributed by atoms with Crippen LogP contribution in [0.15, 0.2) is 47.1 Å². The molecule has 3 aromatic rings. The third-order valence-electron chi connectivity index (χ3n) is 5.30. The predicted molar refractivity (Wildman–Crippen MR) is 115 cm³/mol. The standard InChI is InChI=1S/C22H24ClN5O2/c1-2-19-26-20(27-30-19)17-9-5-11-24-21(17)28-12-6-8-16(14-28)22(29)25-13-15-7-3-4-10-18(15)23/h3-5,7,9-11,16H,2,6,8,12-14H2,1H3,(H,25,29). The van der Waals surface area contributed by atoms with Crippen LogP contribution in [0.5, 0.6) is 0 Å². The molecule has 0 radical (unpaired) electrons. The molecule has 3 heterocycles. The Morgan fingerprint density at radius 3 is 2.97 bits per heavy atom. The molecule has 1 fully saturated rings. The number of nitrogens with zero attached hydrogens (tertiary/aromatic N) is 4. The summed E-state index contributed by atoms with van der Waals surface area (Å²) in [6.07, 6.45) is 4.18. The number of aromatic nitrogens is 3. The monoisotopic (exact) mass is 425 g/mol. The van der Waals surface area contributed by atoms with Crippen molar-refractivity contribution in [3.05, 3.63) is 59.1 Å². The molecule has 8 heteroatoms. The molecule has 1 atom stereocenters. The second-order valence-corrected chi connectivity index (χ2v) is 7.74. The molecule has 7 nitrogen and oxygen atoms in total.